The van der Waals surface area contributed by atoms with Gasteiger partial charge in [-0.1, -0.05) is 37.6 Å². The van der Waals surface area contributed by atoms with Gasteiger partial charge >= 0.3 is 0 Å². The van der Waals surface area contributed by atoms with E-state index in [-0.39, 0.29) is 35.0 Å². The molecule has 150 valence electrons. The van der Waals surface area contributed by atoms with Gasteiger partial charge in [-0.25, -0.2) is 13.2 Å². The lowest BCUT2D eigenvalue weighted by Gasteiger charge is -2.23. The fourth-order valence-corrected chi connectivity index (χ4v) is 3.81. The summed E-state index contributed by atoms with van der Waals surface area (Å²) in [6.07, 6.45) is 7.84. The van der Waals surface area contributed by atoms with Gasteiger partial charge in [0.05, 0.1) is 6.61 Å². The Kier molecular flexibility index (Phi) is 6.42. The third-order valence-electron chi connectivity index (χ3n) is 5.27. The van der Waals surface area contributed by atoms with E-state index in [1.54, 1.807) is 6.92 Å². The van der Waals surface area contributed by atoms with Gasteiger partial charge in [0.25, 0.3) is 0 Å². The number of rotatable bonds is 6. The summed E-state index contributed by atoms with van der Waals surface area (Å²) in [5.41, 5.74) is -0.380. The molecule has 1 nitrogen and oxygen atoms in total. The van der Waals surface area contributed by atoms with Crippen molar-refractivity contribution in [3.8, 4) is 16.9 Å². The minimum absolute atomic E-state index is 0.168. The van der Waals surface area contributed by atoms with Gasteiger partial charge < -0.3 is 4.74 Å². The summed E-state index contributed by atoms with van der Waals surface area (Å²) in [4.78, 5) is 0. The molecule has 0 aliphatic heterocycles. The molecule has 1 aliphatic rings. The van der Waals surface area contributed by atoms with E-state index in [0.29, 0.717) is 5.92 Å². The third kappa shape index (κ3) is 3.94. The molecule has 0 radical (unpaired) electrons. The highest BCUT2D eigenvalue weighted by Gasteiger charge is 2.25. The number of hydrogen-bond acceptors (Lipinski definition) is 1. The fraction of sp³-hybridized carbons (Fsp3) is 0.391. The maximum absolute atomic E-state index is 14.8. The van der Waals surface area contributed by atoms with Crippen LogP contribution in [0.25, 0.3) is 11.1 Å². The van der Waals surface area contributed by atoms with Gasteiger partial charge in [0, 0.05) is 17.0 Å². The molecule has 0 saturated heterocycles. The van der Waals surface area contributed by atoms with Crippen LogP contribution in [0, 0.1) is 29.2 Å². The lowest BCUT2D eigenvalue weighted by molar-refractivity contribution is 0.314. The van der Waals surface area contributed by atoms with Crippen LogP contribution < -0.4 is 4.74 Å². The molecule has 0 bridgehead atoms. The molecule has 28 heavy (non-hydrogen) atoms. The van der Waals surface area contributed by atoms with Crippen LogP contribution in [0.2, 0.25) is 0 Å². The van der Waals surface area contributed by atoms with Crippen LogP contribution >= 0.6 is 0 Å². The summed E-state index contributed by atoms with van der Waals surface area (Å²) in [5.74, 6) is -4.61. The largest absolute Gasteiger partial charge is 0.491 e. The van der Waals surface area contributed by atoms with Crippen molar-refractivity contribution < 1.29 is 22.3 Å². The van der Waals surface area contributed by atoms with Gasteiger partial charge in [-0.2, -0.15) is 4.39 Å². The predicted octanol–water partition coefficient (Wildman–Crippen LogP) is 7.16. The number of halogens is 4. The number of allylic oxidation sites excluding steroid dienone is 2. The first-order valence-electron chi connectivity index (χ1n) is 9.75. The Morgan fingerprint density at radius 2 is 1.50 bits per heavy atom. The molecule has 0 amide bonds. The first kappa shape index (κ1) is 20.4. The topological polar surface area (TPSA) is 9.23 Å². The van der Waals surface area contributed by atoms with Crippen molar-refractivity contribution in [3.63, 3.8) is 0 Å². The van der Waals surface area contributed by atoms with Crippen molar-refractivity contribution in [1.82, 2.24) is 0 Å². The van der Waals surface area contributed by atoms with E-state index in [1.807, 2.05) is 6.08 Å². The zero-order valence-corrected chi connectivity index (χ0v) is 16.1. The molecule has 0 fully saturated rings. The molecular weight excluding hydrogens is 368 g/mol. The first-order chi connectivity index (χ1) is 13.5. The van der Waals surface area contributed by atoms with Crippen LogP contribution in [-0.4, -0.2) is 6.61 Å². The van der Waals surface area contributed by atoms with Crippen LogP contribution in [0.1, 0.15) is 51.0 Å². The van der Waals surface area contributed by atoms with Gasteiger partial charge in [0.1, 0.15) is 0 Å². The highest BCUT2D eigenvalue weighted by molar-refractivity contribution is 5.67. The van der Waals surface area contributed by atoms with Crippen molar-refractivity contribution in [1.29, 1.82) is 0 Å². The average Bonchev–Trinajstić information content (AvgIpc) is 2.69. The molecule has 5 heteroatoms. The highest BCUT2D eigenvalue weighted by atomic mass is 19.2. The predicted molar refractivity (Wildman–Crippen MR) is 102 cm³/mol. The van der Waals surface area contributed by atoms with Crippen LogP contribution in [0.5, 0.6) is 5.75 Å². The molecule has 2 aromatic rings. The molecule has 0 saturated carbocycles. The lowest BCUT2D eigenvalue weighted by atomic mass is 9.82. The normalized spacial score (nSPS) is 19.1. The van der Waals surface area contributed by atoms with Gasteiger partial charge in [-0.15, -0.1) is 0 Å². The van der Waals surface area contributed by atoms with Crippen molar-refractivity contribution in [2.75, 3.05) is 6.61 Å². The van der Waals surface area contributed by atoms with Gasteiger partial charge in [-0.3, -0.25) is 0 Å². The molecular formula is C23H24F4O. The van der Waals surface area contributed by atoms with Crippen LogP contribution in [-0.2, 0) is 0 Å². The second-order valence-corrected chi connectivity index (χ2v) is 7.12. The van der Waals surface area contributed by atoms with Crippen LogP contribution in [0.4, 0.5) is 17.6 Å². The molecule has 2 atom stereocenters. The number of ether oxygens (including phenoxy) is 1. The van der Waals surface area contributed by atoms with Gasteiger partial charge in [0.15, 0.2) is 23.2 Å². The van der Waals surface area contributed by atoms with Gasteiger partial charge in [0.2, 0.25) is 5.82 Å². The molecule has 3 rings (SSSR count). The number of benzene rings is 2. The summed E-state index contributed by atoms with van der Waals surface area (Å²) in [6.45, 7) is 3.93. The zero-order chi connectivity index (χ0) is 20.3. The molecule has 2 unspecified atom stereocenters. The van der Waals surface area contributed by atoms with E-state index >= 15 is 0 Å². The lowest BCUT2D eigenvalue weighted by Crippen LogP contribution is -2.10. The molecule has 2 aromatic carbocycles. The van der Waals surface area contributed by atoms with E-state index < -0.39 is 23.3 Å². The minimum Gasteiger partial charge on any atom is -0.491 e. The Labute approximate surface area is 163 Å². The Bertz CT molecular complexity index is 875. The number of hydrogen-bond donors (Lipinski definition) is 0. The van der Waals surface area contributed by atoms with Crippen molar-refractivity contribution in [2.45, 2.75) is 45.4 Å². The van der Waals surface area contributed by atoms with E-state index in [2.05, 4.69) is 13.0 Å². The smallest absolute Gasteiger partial charge is 0.201 e. The van der Waals surface area contributed by atoms with Crippen LogP contribution in [0.3, 0.4) is 0 Å². The summed E-state index contributed by atoms with van der Waals surface area (Å²) >= 11 is 0. The van der Waals surface area contributed by atoms with E-state index in [4.69, 9.17) is 4.74 Å². The second kappa shape index (κ2) is 8.80. The first-order valence-corrected chi connectivity index (χ1v) is 9.75. The highest BCUT2D eigenvalue weighted by Crippen LogP contribution is 2.37. The second-order valence-electron chi connectivity index (χ2n) is 7.12. The fourth-order valence-electron chi connectivity index (χ4n) is 3.81. The third-order valence-corrected chi connectivity index (χ3v) is 5.27. The summed E-state index contributed by atoms with van der Waals surface area (Å²) in [5, 5.41) is 0. The van der Waals surface area contributed by atoms with E-state index in [1.165, 1.54) is 24.3 Å². The average molecular weight is 392 g/mol. The Morgan fingerprint density at radius 1 is 0.821 bits per heavy atom. The van der Waals surface area contributed by atoms with Crippen molar-refractivity contribution in [3.05, 3.63) is 65.2 Å². The SMILES string of the molecule is CCCC1C=CC(c2ccc(-c3ccc(OCC)c(F)c3F)c(F)c2F)CC1. The molecule has 1 aliphatic carbocycles. The van der Waals surface area contributed by atoms with E-state index in [0.717, 1.165) is 25.7 Å². The quantitative estimate of drug-likeness (QED) is 0.374. The summed E-state index contributed by atoms with van der Waals surface area (Å²) < 4.78 is 63.0. The molecule has 0 heterocycles. The molecule has 0 N–H and O–H groups in total. The maximum atomic E-state index is 14.8. The standard InChI is InChI=1S/C23H24F4O/c1-3-5-14-6-8-15(9-7-14)16-10-11-17(21(25)20(16)24)18-12-13-19(28-4-2)23(27)22(18)26/h6,8,10-15H,3-5,7,9H2,1-2H3. The van der Waals surface area contributed by atoms with Crippen molar-refractivity contribution in [2.24, 2.45) is 5.92 Å². The molecule has 0 aromatic heterocycles. The zero-order valence-electron chi connectivity index (χ0n) is 16.1. The van der Waals surface area contributed by atoms with Crippen molar-refractivity contribution >= 4 is 0 Å². The summed E-state index contributed by atoms with van der Waals surface area (Å²) in [6, 6.07) is 5.21. The Morgan fingerprint density at radius 3 is 2.11 bits per heavy atom. The maximum Gasteiger partial charge on any atom is 0.201 e. The minimum atomic E-state index is -1.25. The van der Waals surface area contributed by atoms with Gasteiger partial charge in [-0.05, 0) is 49.8 Å². The monoisotopic (exact) mass is 392 g/mol. The Hall–Kier alpha value is -2.30. The Balaban J connectivity index is 1.93. The van der Waals surface area contributed by atoms with Crippen LogP contribution in [0.15, 0.2) is 36.4 Å². The summed E-state index contributed by atoms with van der Waals surface area (Å²) in [7, 11) is 0. The van der Waals surface area contributed by atoms with E-state index in [9.17, 15) is 17.6 Å². The molecule has 0 spiro atoms.